The van der Waals surface area contributed by atoms with E-state index in [-0.39, 0.29) is 10.6 Å². The van der Waals surface area contributed by atoms with Gasteiger partial charge in [0.05, 0.1) is 22.7 Å². The van der Waals surface area contributed by atoms with Crippen molar-refractivity contribution in [3.8, 4) is 0 Å². The molecule has 0 bridgehead atoms. The van der Waals surface area contributed by atoms with Gasteiger partial charge in [-0.05, 0) is 12.8 Å². The quantitative estimate of drug-likeness (QED) is 0.618. The normalized spacial score (nSPS) is 27.0. The third-order valence-electron chi connectivity index (χ3n) is 4.40. The number of hydrogen-bond donors (Lipinski definition) is 0. The van der Waals surface area contributed by atoms with Gasteiger partial charge in [-0.15, -0.1) is 0 Å². The number of fused-ring (bicyclic) bond motifs is 3. The smallest absolute Gasteiger partial charge is 0.270 e. The molecular weight excluding hydrogens is 286 g/mol. The number of non-ortho nitro benzene ring substituents is 1. The van der Waals surface area contributed by atoms with Gasteiger partial charge in [-0.3, -0.25) is 15.1 Å². The van der Waals surface area contributed by atoms with Crippen LogP contribution in [-0.2, 0) is 0 Å². The fraction of sp³-hybridized carbons (Fsp3) is 0.400. The van der Waals surface area contributed by atoms with Crippen LogP contribution in [0.3, 0.4) is 0 Å². The summed E-state index contributed by atoms with van der Waals surface area (Å²) in [6.07, 6.45) is 4.82. The van der Waals surface area contributed by atoms with Gasteiger partial charge >= 0.3 is 0 Å². The molecule has 3 aliphatic rings. The molecule has 0 N–H and O–H groups in total. The highest BCUT2D eigenvalue weighted by Crippen LogP contribution is 2.44. The SMILES string of the molecule is O=[N+]([O-])c1cccc(C2=CSC3=N[C@@H]4CCCC[C@H]4N23)c1. The molecule has 1 aromatic rings. The first-order valence-corrected chi connectivity index (χ1v) is 8.11. The predicted octanol–water partition coefficient (Wildman–Crippen LogP) is 3.62. The minimum absolute atomic E-state index is 0.142. The van der Waals surface area contributed by atoms with Gasteiger partial charge in [0.2, 0.25) is 0 Å². The molecule has 108 valence electrons. The van der Waals surface area contributed by atoms with Crippen molar-refractivity contribution >= 4 is 28.3 Å². The number of nitro benzene ring substituents is 1. The lowest BCUT2D eigenvalue weighted by molar-refractivity contribution is -0.384. The minimum Gasteiger partial charge on any atom is -0.315 e. The summed E-state index contributed by atoms with van der Waals surface area (Å²) in [5.74, 6) is 0. The summed E-state index contributed by atoms with van der Waals surface area (Å²) in [5.41, 5.74) is 2.12. The number of hydrogen-bond acceptors (Lipinski definition) is 5. The lowest BCUT2D eigenvalue weighted by atomic mass is 9.90. The number of amidine groups is 1. The predicted molar refractivity (Wildman–Crippen MR) is 84.0 cm³/mol. The van der Waals surface area contributed by atoms with Gasteiger partial charge in [-0.25, -0.2) is 0 Å². The van der Waals surface area contributed by atoms with E-state index in [4.69, 9.17) is 4.99 Å². The Hall–Kier alpha value is -1.82. The van der Waals surface area contributed by atoms with Crippen molar-refractivity contribution in [1.82, 2.24) is 4.90 Å². The molecular formula is C15H15N3O2S. The number of nitro groups is 1. The van der Waals surface area contributed by atoms with Gasteiger partial charge in [-0.1, -0.05) is 36.7 Å². The fourth-order valence-corrected chi connectivity index (χ4v) is 4.42. The van der Waals surface area contributed by atoms with Crippen molar-refractivity contribution in [1.29, 1.82) is 0 Å². The molecule has 0 unspecified atom stereocenters. The second kappa shape index (κ2) is 4.87. The van der Waals surface area contributed by atoms with E-state index >= 15 is 0 Å². The lowest BCUT2D eigenvalue weighted by Crippen LogP contribution is -2.38. The number of thioether (sulfide) groups is 1. The Balaban J connectivity index is 1.69. The highest BCUT2D eigenvalue weighted by molar-refractivity contribution is 8.16. The molecule has 1 fully saturated rings. The van der Waals surface area contributed by atoms with E-state index in [0.29, 0.717) is 12.1 Å². The number of aliphatic imine (C=N–C) groups is 1. The van der Waals surface area contributed by atoms with Gasteiger partial charge in [0, 0.05) is 23.1 Å². The molecule has 6 heteroatoms. The molecule has 0 aromatic heterocycles. The zero-order chi connectivity index (χ0) is 14.4. The van der Waals surface area contributed by atoms with Gasteiger partial charge in [0.25, 0.3) is 5.69 Å². The van der Waals surface area contributed by atoms with Crippen LogP contribution >= 0.6 is 11.8 Å². The van der Waals surface area contributed by atoms with Crippen molar-refractivity contribution in [2.75, 3.05) is 0 Å². The number of rotatable bonds is 2. The molecule has 1 aromatic carbocycles. The summed E-state index contributed by atoms with van der Waals surface area (Å²) >= 11 is 1.64. The van der Waals surface area contributed by atoms with Crippen molar-refractivity contribution in [2.45, 2.75) is 37.8 Å². The lowest BCUT2D eigenvalue weighted by Gasteiger charge is -2.32. The van der Waals surface area contributed by atoms with E-state index in [1.54, 1.807) is 23.9 Å². The Labute approximate surface area is 126 Å². The summed E-state index contributed by atoms with van der Waals surface area (Å²) in [4.78, 5) is 17.8. The van der Waals surface area contributed by atoms with Crippen molar-refractivity contribution in [3.05, 3.63) is 45.4 Å². The van der Waals surface area contributed by atoms with Gasteiger partial charge in [-0.2, -0.15) is 0 Å². The van der Waals surface area contributed by atoms with Gasteiger partial charge in [0.15, 0.2) is 5.17 Å². The molecule has 0 saturated heterocycles. The highest BCUT2D eigenvalue weighted by Gasteiger charge is 2.42. The average molecular weight is 301 g/mol. The Bertz CT molecular complexity index is 671. The Morgan fingerprint density at radius 1 is 1.33 bits per heavy atom. The maximum absolute atomic E-state index is 11.0. The molecule has 4 rings (SSSR count). The first-order valence-electron chi connectivity index (χ1n) is 7.23. The summed E-state index contributed by atoms with van der Waals surface area (Å²) in [7, 11) is 0. The molecule has 0 spiro atoms. The molecule has 2 heterocycles. The second-order valence-corrected chi connectivity index (χ2v) is 6.47. The zero-order valence-corrected chi connectivity index (χ0v) is 12.3. The van der Waals surface area contributed by atoms with Crippen LogP contribution in [-0.4, -0.2) is 27.1 Å². The summed E-state index contributed by atoms with van der Waals surface area (Å²) in [5, 5.41) is 14.1. The molecule has 5 nitrogen and oxygen atoms in total. The number of nitrogens with zero attached hydrogens (tertiary/aromatic N) is 3. The molecule has 2 aliphatic heterocycles. The van der Waals surface area contributed by atoms with Gasteiger partial charge in [0.1, 0.15) is 0 Å². The van der Waals surface area contributed by atoms with Crippen LogP contribution < -0.4 is 0 Å². The molecule has 0 amide bonds. The number of benzene rings is 1. The van der Waals surface area contributed by atoms with E-state index in [9.17, 15) is 10.1 Å². The van der Waals surface area contributed by atoms with Crippen molar-refractivity contribution in [2.24, 2.45) is 4.99 Å². The van der Waals surface area contributed by atoms with Crippen molar-refractivity contribution < 1.29 is 4.92 Å². The summed E-state index contributed by atoms with van der Waals surface area (Å²) in [6, 6.07) is 7.74. The van der Waals surface area contributed by atoms with Crippen LogP contribution in [0.25, 0.3) is 5.70 Å². The summed E-state index contributed by atoms with van der Waals surface area (Å²) < 4.78 is 0. The highest BCUT2D eigenvalue weighted by atomic mass is 32.2. The third-order valence-corrected chi connectivity index (χ3v) is 5.25. The minimum atomic E-state index is -0.339. The Morgan fingerprint density at radius 3 is 3.05 bits per heavy atom. The second-order valence-electron chi connectivity index (χ2n) is 5.63. The van der Waals surface area contributed by atoms with Crippen LogP contribution in [0, 0.1) is 10.1 Å². The maximum Gasteiger partial charge on any atom is 0.270 e. The molecule has 0 radical (unpaired) electrons. The van der Waals surface area contributed by atoms with Crippen LogP contribution in [0.1, 0.15) is 31.2 Å². The first-order chi connectivity index (χ1) is 10.2. The van der Waals surface area contributed by atoms with Crippen LogP contribution in [0.5, 0.6) is 0 Å². The van der Waals surface area contributed by atoms with Crippen molar-refractivity contribution in [3.63, 3.8) is 0 Å². The fourth-order valence-electron chi connectivity index (χ4n) is 3.41. The summed E-state index contributed by atoms with van der Waals surface area (Å²) in [6.45, 7) is 0. The van der Waals surface area contributed by atoms with Crippen LogP contribution in [0.2, 0.25) is 0 Å². The molecule has 1 aliphatic carbocycles. The first kappa shape index (κ1) is 12.9. The van der Waals surface area contributed by atoms with E-state index in [1.807, 2.05) is 6.07 Å². The standard InChI is InChI=1S/C15H15N3O2S/c19-18(20)11-5-3-4-10(8-11)14-9-21-15-16-12-6-1-2-7-13(12)17(14)15/h3-5,8-9,12-13H,1-2,6-7H2/t12-,13-/m1/s1. The van der Waals surface area contributed by atoms with E-state index in [2.05, 4.69) is 10.3 Å². The molecule has 1 saturated carbocycles. The third kappa shape index (κ3) is 2.05. The van der Waals surface area contributed by atoms with E-state index < -0.39 is 0 Å². The molecule has 2 atom stereocenters. The Kier molecular flexibility index (Phi) is 2.99. The maximum atomic E-state index is 11.0. The van der Waals surface area contributed by atoms with Crippen LogP contribution in [0.15, 0.2) is 34.7 Å². The van der Waals surface area contributed by atoms with E-state index in [1.165, 1.54) is 18.9 Å². The zero-order valence-electron chi connectivity index (χ0n) is 11.4. The molecule has 21 heavy (non-hydrogen) atoms. The topological polar surface area (TPSA) is 58.7 Å². The monoisotopic (exact) mass is 301 g/mol. The Morgan fingerprint density at radius 2 is 2.19 bits per heavy atom. The van der Waals surface area contributed by atoms with Gasteiger partial charge < -0.3 is 4.90 Å². The average Bonchev–Trinajstić information content (AvgIpc) is 3.06. The van der Waals surface area contributed by atoms with Crippen LogP contribution in [0.4, 0.5) is 5.69 Å². The largest absolute Gasteiger partial charge is 0.315 e. The van der Waals surface area contributed by atoms with E-state index in [0.717, 1.165) is 29.3 Å².